The minimum absolute atomic E-state index is 0.998. The van der Waals surface area contributed by atoms with Crippen LogP contribution >= 0.6 is 0 Å². The first-order valence-corrected chi connectivity index (χ1v) is 4.24. The first kappa shape index (κ1) is 7.35. The molecular weight excluding hydrogens is 148 g/mol. The van der Waals surface area contributed by atoms with Crippen LogP contribution < -0.4 is 0 Å². The number of nitrogens with zero attached hydrogens (tertiary/aromatic N) is 1. The fourth-order valence-corrected chi connectivity index (χ4v) is 1.37. The van der Waals surface area contributed by atoms with Crippen molar-refractivity contribution in [2.45, 2.75) is 20.3 Å². The van der Waals surface area contributed by atoms with Gasteiger partial charge in [-0.25, -0.2) is 4.98 Å². The average molecular weight is 160 g/mol. The second-order valence-electron chi connectivity index (χ2n) is 3.10. The zero-order valence-electron chi connectivity index (χ0n) is 7.39. The predicted molar refractivity (Wildman–Crippen MR) is 50.2 cm³/mol. The van der Waals surface area contributed by atoms with Gasteiger partial charge in [0.2, 0.25) is 0 Å². The van der Waals surface area contributed by atoms with Crippen LogP contribution in [0.15, 0.2) is 18.3 Å². The first-order chi connectivity index (χ1) is 5.79. The Morgan fingerprint density at radius 1 is 1.42 bits per heavy atom. The van der Waals surface area contributed by atoms with E-state index in [2.05, 4.69) is 35.9 Å². The molecule has 0 amide bonds. The summed E-state index contributed by atoms with van der Waals surface area (Å²) in [6.07, 6.45) is 2.92. The smallest absolute Gasteiger partial charge is 0.137 e. The number of hydrogen-bond donors (Lipinski definition) is 1. The highest BCUT2D eigenvalue weighted by Crippen LogP contribution is 2.14. The van der Waals surface area contributed by atoms with Crippen molar-refractivity contribution in [1.29, 1.82) is 0 Å². The number of rotatable bonds is 1. The molecule has 0 aliphatic heterocycles. The number of hydrogen-bond acceptors (Lipinski definition) is 1. The number of pyridine rings is 1. The number of aryl methyl sites for hydroxylation is 2. The summed E-state index contributed by atoms with van der Waals surface area (Å²) < 4.78 is 0. The first-order valence-electron chi connectivity index (χ1n) is 4.24. The standard InChI is InChI=1S/C10H12N2/c1-3-9-5-8-4-7(2)6-11-10(8)12-9/h4-6H,3H2,1-2H3,(H,11,12). The zero-order chi connectivity index (χ0) is 8.55. The zero-order valence-corrected chi connectivity index (χ0v) is 7.39. The molecule has 2 aromatic rings. The Labute approximate surface area is 71.6 Å². The van der Waals surface area contributed by atoms with Crippen LogP contribution in [0.3, 0.4) is 0 Å². The van der Waals surface area contributed by atoms with Gasteiger partial charge in [-0.15, -0.1) is 0 Å². The lowest BCUT2D eigenvalue weighted by Gasteiger charge is -1.89. The maximum Gasteiger partial charge on any atom is 0.137 e. The summed E-state index contributed by atoms with van der Waals surface area (Å²) in [7, 11) is 0. The number of aromatic amines is 1. The van der Waals surface area contributed by atoms with Gasteiger partial charge >= 0.3 is 0 Å². The van der Waals surface area contributed by atoms with Crippen LogP contribution in [0.2, 0.25) is 0 Å². The molecule has 1 N–H and O–H groups in total. The molecule has 12 heavy (non-hydrogen) atoms. The number of fused-ring (bicyclic) bond motifs is 1. The quantitative estimate of drug-likeness (QED) is 0.682. The lowest BCUT2D eigenvalue weighted by Crippen LogP contribution is -1.79. The molecule has 2 nitrogen and oxygen atoms in total. The van der Waals surface area contributed by atoms with Crippen molar-refractivity contribution in [3.8, 4) is 0 Å². The molecule has 2 rings (SSSR count). The fourth-order valence-electron chi connectivity index (χ4n) is 1.37. The van der Waals surface area contributed by atoms with Gasteiger partial charge in [0, 0.05) is 17.3 Å². The summed E-state index contributed by atoms with van der Waals surface area (Å²) in [5.41, 5.74) is 3.46. The van der Waals surface area contributed by atoms with Gasteiger partial charge < -0.3 is 4.98 Å². The van der Waals surface area contributed by atoms with E-state index in [9.17, 15) is 0 Å². The Kier molecular flexibility index (Phi) is 1.61. The molecule has 0 radical (unpaired) electrons. The highest BCUT2D eigenvalue weighted by molar-refractivity contribution is 5.76. The molecule has 0 aliphatic carbocycles. The largest absolute Gasteiger partial charge is 0.343 e. The van der Waals surface area contributed by atoms with Crippen molar-refractivity contribution in [2.75, 3.05) is 0 Å². The van der Waals surface area contributed by atoms with Gasteiger partial charge in [0.1, 0.15) is 5.65 Å². The molecule has 0 unspecified atom stereocenters. The summed E-state index contributed by atoms with van der Waals surface area (Å²) in [5.74, 6) is 0. The maximum absolute atomic E-state index is 4.29. The lowest BCUT2D eigenvalue weighted by atomic mass is 10.2. The molecule has 0 saturated heterocycles. The maximum atomic E-state index is 4.29. The summed E-state index contributed by atoms with van der Waals surface area (Å²) in [4.78, 5) is 7.56. The Hall–Kier alpha value is -1.31. The highest BCUT2D eigenvalue weighted by Gasteiger charge is 1.98. The molecule has 2 aromatic heterocycles. The van der Waals surface area contributed by atoms with Crippen molar-refractivity contribution in [2.24, 2.45) is 0 Å². The second kappa shape index (κ2) is 2.63. The Morgan fingerprint density at radius 3 is 3.00 bits per heavy atom. The molecule has 0 aliphatic rings. The Balaban J connectivity index is 2.67. The van der Waals surface area contributed by atoms with Crippen LogP contribution in [-0.2, 0) is 6.42 Å². The van der Waals surface area contributed by atoms with Gasteiger partial charge in [-0.1, -0.05) is 6.92 Å². The van der Waals surface area contributed by atoms with E-state index < -0.39 is 0 Å². The van der Waals surface area contributed by atoms with E-state index in [1.165, 1.54) is 16.6 Å². The summed E-state index contributed by atoms with van der Waals surface area (Å²) in [6, 6.07) is 4.31. The molecule has 2 heterocycles. The van der Waals surface area contributed by atoms with E-state index in [-0.39, 0.29) is 0 Å². The van der Waals surface area contributed by atoms with Gasteiger partial charge in [0.15, 0.2) is 0 Å². The second-order valence-corrected chi connectivity index (χ2v) is 3.10. The van der Waals surface area contributed by atoms with Gasteiger partial charge in [0.05, 0.1) is 0 Å². The van der Waals surface area contributed by atoms with E-state index in [4.69, 9.17) is 0 Å². The van der Waals surface area contributed by atoms with E-state index in [0.717, 1.165) is 12.1 Å². The van der Waals surface area contributed by atoms with Gasteiger partial charge in [-0.3, -0.25) is 0 Å². The Bertz CT molecular complexity index is 401. The van der Waals surface area contributed by atoms with Crippen molar-refractivity contribution < 1.29 is 0 Å². The summed E-state index contributed by atoms with van der Waals surface area (Å²) in [6.45, 7) is 4.20. The van der Waals surface area contributed by atoms with E-state index in [1.54, 1.807) is 0 Å². The molecule has 62 valence electrons. The normalized spacial score (nSPS) is 10.8. The van der Waals surface area contributed by atoms with Gasteiger partial charge in [-0.2, -0.15) is 0 Å². The molecule has 0 bridgehead atoms. The number of nitrogens with one attached hydrogen (secondary N) is 1. The third kappa shape index (κ3) is 1.09. The van der Waals surface area contributed by atoms with Crippen molar-refractivity contribution >= 4 is 11.0 Å². The highest BCUT2D eigenvalue weighted by atomic mass is 14.8. The van der Waals surface area contributed by atoms with Gasteiger partial charge in [0.25, 0.3) is 0 Å². The lowest BCUT2D eigenvalue weighted by molar-refractivity contribution is 1.07. The minimum atomic E-state index is 0.998. The molecule has 2 heteroatoms. The third-order valence-corrected chi connectivity index (χ3v) is 2.04. The average Bonchev–Trinajstić information content (AvgIpc) is 2.46. The third-order valence-electron chi connectivity index (χ3n) is 2.04. The van der Waals surface area contributed by atoms with E-state index >= 15 is 0 Å². The summed E-state index contributed by atoms with van der Waals surface area (Å²) >= 11 is 0. The van der Waals surface area contributed by atoms with Crippen LogP contribution in [-0.4, -0.2) is 9.97 Å². The van der Waals surface area contributed by atoms with Crippen LogP contribution in [0.25, 0.3) is 11.0 Å². The molecule has 0 saturated carbocycles. The SMILES string of the molecule is CCc1cc2cc(C)cnc2[nH]1. The topological polar surface area (TPSA) is 28.7 Å². The molecule has 0 aromatic carbocycles. The number of aromatic nitrogens is 2. The van der Waals surface area contributed by atoms with Crippen molar-refractivity contribution in [3.63, 3.8) is 0 Å². The molecule has 0 spiro atoms. The van der Waals surface area contributed by atoms with E-state index in [0.29, 0.717) is 0 Å². The number of H-pyrrole nitrogens is 1. The molecular formula is C10H12N2. The van der Waals surface area contributed by atoms with Crippen LogP contribution in [0.5, 0.6) is 0 Å². The molecule has 0 fully saturated rings. The van der Waals surface area contributed by atoms with Crippen LogP contribution in [0, 0.1) is 6.92 Å². The minimum Gasteiger partial charge on any atom is -0.343 e. The molecule has 0 atom stereocenters. The van der Waals surface area contributed by atoms with Crippen molar-refractivity contribution in [1.82, 2.24) is 9.97 Å². The van der Waals surface area contributed by atoms with Gasteiger partial charge in [-0.05, 0) is 31.0 Å². The monoisotopic (exact) mass is 160 g/mol. The van der Waals surface area contributed by atoms with Crippen molar-refractivity contribution in [3.05, 3.63) is 29.6 Å². The predicted octanol–water partition coefficient (Wildman–Crippen LogP) is 2.43. The fraction of sp³-hybridized carbons (Fsp3) is 0.300. The van der Waals surface area contributed by atoms with Crippen LogP contribution in [0.1, 0.15) is 18.2 Å². The van der Waals surface area contributed by atoms with E-state index in [1.807, 2.05) is 6.20 Å². The Morgan fingerprint density at radius 2 is 2.25 bits per heavy atom. The van der Waals surface area contributed by atoms with Crippen LogP contribution in [0.4, 0.5) is 0 Å². The summed E-state index contributed by atoms with van der Waals surface area (Å²) in [5, 5.41) is 1.21.